The fraction of sp³-hybridized carbons (Fsp3) is 0.467. The maximum Gasteiger partial charge on any atom is 2.00 e. The molecule has 0 spiro atoms. The second kappa shape index (κ2) is 9.24. The number of fused-ring (bicyclic) bond motifs is 10. The summed E-state index contributed by atoms with van der Waals surface area (Å²) in [4.78, 5) is 0. The molecule has 0 N–H and O–H groups in total. The van der Waals surface area contributed by atoms with E-state index in [0.717, 1.165) is 22.1 Å². The predicted octanol–water partition coefficient (Wildman–Crippen LogP) is 7.57. The Bertz CT molecular complexity index is 1450. The summed E-state index contributed by atoms with van der Waals surface area (Å²) >= 11 is 3.57. The van der Waals surface area contributed by atoms with Gasteiger partial charge in [0.2, 0.25) is 0 Å². The smallest absolute Gasteiger partial charge is 0.265 e. The fourth-order valence-corrected chi connectivity index (χ4v) is 7.00. The van der Waals surface area contributed by atoms with Crippen molar-refractivity contribution in [2.45, 2.75) is 88.2 Å². The zero-order chi connectivity index (χ0) is 26.3. The molecule has 37 heavy (non-hydrogen) atoms. The Morgan fingerprint density at radius 2 is 1.35 bits per heavy atom. The maximum atomic E-state index is 5.10. The molecular formula is C30H36N4PtS2. The summed E-state index contributed by atoms with van der Waals surface area (Å²) in [6, 6.07) is 16.3. The molecule has 1 aliphatic rings. The molecular weight excluding hydrogens is 676 g/mol. The summed E-state index contributed by atoms with van der Waals surface area (Å²) in [6.45, 7) is 20.5. The molecule has 8 bridgehead atoms. The molecule has 0 saturated carbocycles. The molecule has 0 unspecified atom stereocenters. The summed E-state index contributed by atoms with van der Waals surface area (Å²) in [7, 11) is 0. The topological polar surface area (TPSA) is 35.6 Å². The third-order valence-electron chi connectivity index (χ3n) is 9.15. The minimum atomic E-state index is -0.253. The van der Waals surface area contributed by atoms with Gasteiger partial charge < -0.3 is 0 Å². The first kappa shape index (κ1) is 28.4. The second-order valence-corrected chi connectivity index (χ2v) is 14.2. The van der Waals surface area contributed by atoms with Crippen molar-refractivity contribution in [2.24, 2.45) is 0 Å². The minimum absolute atomic E-state index is 0. The van der Waals surface area contributed by atoms with Crippen molar-refractivity contribution >= 4 is 23.1 Å². The Kier molecular flexibility index (Phi) is 7.09. The van der Waals surface area contributed by atoms with Gasteiger partial charge in [0, 0.05) is 28.2 Å². The van der Waals surface area contributed by atoms with Gasteiger partial charge in [-0.3, -0.25) is 9.36 Å². The minimum Gasteiger partial charge on any atom is -0.265 e. The van der Waals surface area contributed by atoms with Crippen LogP contribution in [-0.4, -0.2) is 25.8 Å². The van der Waals surface area contributed by atoms with Crippen LogP contribution in [0.5, 0.6) is 0 Å². The molecule has 0 fully saturated rings. The number of rotatable bonds is 1. The van der Waals surface area contributed by atoms with Crippen LogP contribution in [0.15, 0.2) is 40.9 Å². The van der Waals surface area contributed by atoms with Crippen molar-refractivity contribution < 1.29 is 21.1 Å². The predicted molar refractivity (Wildman–Crippen MR) is 151 cm³/mol. The zero-order valence-electron chi connectivity index (χ0n) is 23.4. The Morgan fingerprint density at radius 1 is 0.784 bits per heavy atom. The van der Waals surface area contributed by atoms with Crippen molar-refractivity contribution in [2.75, 3.05) is 6.26 Å². The second-order valence-electron chi connectivity index (χ2n) is 12.1. The maximum absolute atomic E-state index is 5.10. The molecule has 0 radical (unpaired) electrons. The van der Waals surface area contributed by atoms with E-state index in [-0.39, 0.29) is 42.7 Å². The van der Waals surface area contributed by atoms with E-state index >= 15 is 0 Å². The van der Waals surface area contributed by atoms with Crippen molar-refractivity contribution in [3.63, 3.8) is 0 Å². The van der Waals surface area contributed by atoms with E-state index in [1.807, 2.05) is 9.36 Å². The van der Waals surface area contributed by atoms with Crippen molar-refractivity contribution in [1.29, 1.82) is 0 Å². The summed E-state index contributed by atoms with van der Waals surface area (Å²) < 4.78 is 5.28. The van der Waals surface area contributed by atoms with Crippen molar-refractivity contribution in [1.82, 2.24) is 19.6 Å². The molecule has 4 nitrogen and oxygen atoms in total. The molecule has 0 atom stereocenters. The molecule has 1 aliphatic heterocycles. The van der Waals surface area contributed by atoms with Gasteiger partial charge in [-0.1, -0.05) is 66.5 Å². The van der Waals surface area contributed by atoms with Crippen LogP contribution >= 0.6 is 23.1 Å². The number of aryl methyl sites for hydroxylation is 1. The molecule has 1 aromatic carbocycles. The monoisotopic (exact) mass is 711 g/mol. The van der Waals surface area contributed by atoms with Crippen molar-refractivity contribution in [3.05, 3.63) is 76.9 Å². The largest absolute Gasteiger partial charge is 2.00 e. The van der Waals surface area contributed by atoms with Crippen LogP contribution < -0.4 is 0 Å². The third-order valence-corrected chi connectivity index (χ3v) is 11.3. The van der Waals surface area contributed by atoms with Gasteiger partial charge in [0.05, 0.1) is 11.4 Å². The number of thioether (sulfide) groups is 1. The van der Waals surface area contributed by atoms with Gasteiger partial charge in [-0.05, 0) is 34.9 Å². The molecule has 7 heteroatoms. The molecule has 0 amide bonds. The van der Waals surface area contributed by atoms with Crippen LogP contribution in [0.25, 0.3) is 10.7 Å². The van der Waals surface area contributed by atoms with Crippen LogP contribution in [0.3, 0.4) is 0 Å². The number of benzene rings is 1. The first-order valence-electron chi connectivity index (χ1n) is 12.5. The van der Waals surface area contributed by atoms with E-state index in [1.165, 1.54) is 20.9 Å². The Balaban J connectivity index is 0.00000320. The first-order valence-corrected chi connectivity index (χ1v) is 14.5. The Morgan fingerprint density at radius 3 is 1.95 bits per heavy atom. The van der Waals surface area contributed by atoms with Crippen LogP contribution in [0, 0.1) is 19.1 Å². The average Bonchev–Trinajstić information content (AvgIpc) is 3.57. The van der Waals surface area contributed by atoms with Gasteiger partial charge >= 0.3 is 21.1 Å². The van der Waals surface area contributed by atoms with Gasteiger partial charge in [-0.25, -0.2) is 29.2 Å². The van der Waals surface area contributed by atoms with Gasteiger partial charge in [-0.15, -0.1) is 6.07 Å². The summed E-state index contributed by atoms with van der Waals surface area (Å²) in [5, 5.41) is 11.2. The van der Waals surface area contributed by atoms with Gasteiger partial charge in [0.15, 0.2) is 0 Å². The summed E-state index contributed by atoms with van der Waals surface area (Å²) in [5.74, 6) is 0. The van der Waals surface area contributed by atoms with E-state index in [4.69, 9.17) is 10.2 Å². The number of nitrogens with zero attached hydrogens (tertiary/aromatic N) is 4. The van der Waals surface area contributed by atoms with Crippen LogP contribution in [0.2, 0.25) is 0 Å². The molecule has 0 saturated heterocycles. The first-order chi connectivity index (χ1) is 16.7. The number of hydrogen-bond donors (Lipinski definition) is 0. The molecule has 4 heterocycles. The molecule has 198 valence electrons. The Hall–Kier alpha value is -1.62. The zero-order valence-corrected chi connectivity index (χ0v) is 27.3. The molecule has 0 aliphatic carbocycles. The number of thiophene rings is 1. The number of hydrogen-bond acceptors (Lipinski definition) is 4. The molecule has 4 aromatic rings. The number of aromatic nitrogens is 4. The summed E-state index contributed by atoms with van der Waals surface area (Å²) in [5.41, 5.74) is 5.78. The van der Waals surface area contributed by atoms with Gasteiger partial charge in [0.1, 0.15) is 0 Å². The van der Waals surface area contributed by atoms with Gasteiger partial charge in [-0.2, -0.15) is 39.0 Å². The quantitative estimate of drug-likeness (QED) is 0.151. The van der Waals surface area contributed by atoms with Crippen LogP contribution in [0.1, 0.15) is 83.5 Å². The molecule has 3 aromatic heterocycles. The third kappa shape index (κ3) is 4.22. The van der Waals surface area contributed by atoms with E-state index in [9.17, 15) is 0 Å². The van der Waals surface area contributed by atoms with E-state index in [2.05, 4.69) is 117 Å². The Labute approximate surface area is 244 Å². The van der Waals surface area contributed by atoms with Crippen LogP contribution in [0.4, 0.5) is 0 Å². The van der Waals surface area contributed by atoms with E-state index in [1.54, 1.807) is 23.1 Å². The van der Waals surface area contributed by atoms with E-state index < -0.39 is 0 Å². The van der Waals surface area contributed by atoms with Crippen molar-refractivity contribution in [3.8, 4) is 10.7 Å². The standard InChI is InChI=1S/C30H36N4S2.Pt/c1-19-15-20-17-21(16-19)33-13-11-23(31-33)29(6,7)30(8,9)24-12-14-34(32-24)25-18-22(26(35-10)36-25)28(4,5)27(20,2)3;/h11-16H,1-10H3;/q-2;+2. The normalized spacial score (nSPS) is 18.8. The van der Waals surface area contributed by atoms with Crippen LogP contribution in [-0.2, 0) is 42.7 Å². The SMILES string of the molecule is CSc1sc2[c-]c1C(C)(C)C(C)(C)c1[c-]c(cc(C)c1)-n1ccc(n1)C(C)(C)C(C)(C)c1ccn-2n1.[Pt+2]. The summed E-state index contributed by atoms with van der Waals surface area (Å²) in [6.07, 6.45) is 6.31. The fourth-order valence-electron chi connectivity index (χ4n) is 4.99. The molecule has 5 rings (SSSR count). The van der Waals surface area contributed by atoms with E-state index in [0.29, 0.717) is 0 Å². The average molecular weight is 712 g/mol. The van der Waals surface area contributed by atoms with Gasteiger partial charge in [0.25, 0.3) is 0 Å².